The highest BCUT2D eigenvalue weighted by Crippen LogP contribution is 2.21. The summed E-state index contributed by atoms with van der Waals surface area (Å²) >= 11 is 0. The number of rotatable bonds is 6. The van der Waals surface area contributed by atoms with Crippen molar-refractivity contribution in [2.24, 2.45) is 5.41 Å². The van der Waals surface area contributed by atoms with Gasteiger partial charge in [0.2, 0.25) is 0 Å². The van der Waals surface area contributed by atoms with Crippen molar-refractivity contribution in [2.45, 2.75) is 53.0 Å². The van der Waals surface area contributed by atoms with Gasteiger partial charge >= 0.3 is 0 Å². The second kappa shape index (κ2) is 7.11. The van der Waals surface area contributed by atoms with Crippen molar-refractivity contribution < 1.29 is 0 Å². The van der Waals surface area contributed by atoms with E-state index in [0.717, 1.165) is 6.42 Å². The van der Waals surface area contributed by atoms with Crippen LogP contribution in [-0.4, -0.2) is 48.6 Å². The van der Waals surface area contributed by atoms with Gasteiger partial charge in [-0.2, -0.15) is 5.26 Å². The average molecular weight is 251 g/mol. The molecule has 0 unspecified atom stereocenters. The van der Waals surface area contributed by atoms with E-state index < -0.39 is 0 Å². The molecule has 1 rings (SSSR count). The van der Waals surface area contributed by atoms with Crippen LogP contribution in [0.25, 0.3) is 0 Å². The van der Waals surface area contributed by atoms with Crippen molar-refractivity contribution in [1.82, 2.24) is 9.80 Å². The van der Waals surface area contributed by atoms with Crippen LogP contribution < -0.4 is 0 Å². The predicted octanol–water partition coefficient (Wildman–Crippen LogP) is 2.73. The molecule has 104 valence electrons. The Morgan fingerprint density at radius 2 is 1.72 bits per heavy atom. The molecule has 0 aromatic rings. The Hall–Kier alpha value is -0.590. The van der Waals surface area contributed by atoms with Gasteiger partial charge in [-0.1, -0.05) is 6.42 Å². The fourth-order valence-electron chi connectivity index (χ4n) is 2.46. The van der Waals surface area contributed by atoms with E-state index in [1.807, 2.05) is 13.8 Å². The summed E-state index contributed by atoms with van der Waals surface area (Å²) in [6.45, 7) is 14.7. The van der Waals surface area contributed by atoms with Crippen LogP contribution in [-0.2, 0) is 0 Å². The quantitative estimate of drug-likeness (QED) is 0.680. The lowest BCUT2D eigenvalue weighted by Crippen LogP contribution is -2.48. The van der Waals surface area contributed by atoms with Crippen molar-refractivity contribution >= 4 is 0 Å². The van der Waals surface area contributed by atoms with Gasteiger partial charge in [0, 0.05) is 32.2 Å². The van der Waals surface area contributed by atoms with E-state index in [1.54, 1.807) is 0 Å². The zero-order chi connectivity index (χ0) is 13.6. The molecule has 0 N–H and O–H groups in total. The fourth-order valence-corrected chi connectivity index (χ4v) is 2.46. The minimum Gasteiger partial charge on any atom is -0.301 e. The van der Waals surface area contributed by atoms with Gasteiger partial charge in [0.25, 0.3) is 0 Å². The molecule has 3 nitrogen and oxygen atoms in total. The molecule has 0 radical (unpaired) electrons. The third-order valence-corrected chi connectivity index (χ3v) is 3.97. The zero-order valence-corrected chi connectivity index (χ0v) is 12.6. The van der Waals surface area contributed by atoms with Gasteiger partial charge in [-0.15, -0.1) is 0 Å². The smallest absolute Gasteiger partial charge is 0.0683 e. The van der Waals surface area contributed by atoms with Gasteiger partial charge in [0.15, 0.2) is 0 Å². The average Bonchev–Trinajstić information content (AvgIpc) is 2.35. The molecule has 1 aliphatic rings. The predicted molar refractivity (Wildman–Crippen MR) is 76.4 cm³/mol. The Labute approximate surface area is 113 Å². The molecule has 18 heavy (non-hydrogen) atoms. The molecule has 0 amide bonds. The first-order valence-corrected chi connectivity index (χ1v) is 7.32. The van der Waals surface area contributed by atoms with Gasteiger partial charge in [0.1, 0.15) is 0 Å². The first kappa shape index (κ1) is 15.5. The number of hydrogen-bond acceptors (Lipinski definition) is 3. The normalized spacial score (nSPS) is 19.1. The van der Waals surface area contributed by atoms with Crippen LogP contribution in [0.1, 0.15) is 47.0 Å². The second-order valence-corrected chi connectivity index (χ2v) is 6.42. The monoisotopic (exact) mass is 251 g/mol. The van der Waals surface area contributed by atoms with E-state index in [4.69, 9.17) is 5.26 Å². The fraction of sp³-hybridized carbons (Fsp3) is 0.933. The number of piperazine rings is 1. The highest BCUT2D eigenvalue weighted by atomic mass is 15.3. The largest absolute Gasteiger partial charge is 0.301 e. The van der Waals surface area contributed by atoms with Crippen molar-refractivity contribution in [1.29, 1.82) is 5.26 Å². The van der Waals surface area contributed by atoms with Gasteiger partial charge in [-0.25, -0.2) is 0 Å². The molecule has 0 saturated carbocycles. The van der Waals surface area contributed by atoms with Gasteiger partial charge in [-0.3, -0.25) is 4.90 Å². The van der Waals surface area contributed by atoms with Crippen LogP contribution in [0.4, 0.5) is 0 Å². The van der Waals surface area contributed by atoms with Crippen molar-refractivity contribution in [2.75, 3.05) is 32.7 Å². The standard InChI is InChI=1S/C15H29N3/c1-14(2)18-11-9-17(10-12-18)8-6-5-7-15(3,4)13-16/h14H,5-12H2,1-4H3. The number of unbranched alkanes of at least 4 members (excludes halogenated alkanes) is 1. The molecule has 0 atom stereocenters. The van der Waals surface area contributed by atoms with Gasteiger partial charge in [-0.05, 0) is 47.1 Å². The Bertz CT molecular complexity index is 270. The molecule has 0 bridgehead atoms. The molecule has 1 heterocycles. The van der Waals surface area contributed by atoms with E-state index in [0.29, 0.717) is 6.04 Å². The van der Waals surface area contributed by atoms with Crippen LogP contribution in [0.2, 0.25) is 0 Å². The Morgan fingerprint density at radius 1 is 1.11 bits per heavy atom. The molecule has 0 spiro atoms. The molecular formula is C15H29N3. The maximum Gasteiger partial charge on any atom is 0.0683 e. The lowest BCUT2D eigenvalue weighted by molar-refractivity contribution is 0.107. The van der Waals surface area contributed by atoms with Crippen LogP contribution in [0.15, 0.2) is 0 Å². The number of nitriles is 1. The van der Waals surface area contributed by atoms with Crippen LogP contribution >= 0.6 is 0 Å². The Morgan fingerprint density at radius 3 is 2.22 bits per heavy atom. The summed E-state index contributed by atoms with van der Waals surface area (Å²) in [5.41, 5.74) is -0.143. The summed E-state index contributed by atoms with van der Waals surface area (Å²) in [6, 6.07) is 3.06. The molecular weight excluding hydrogens is 222 g/mol. The molecule has 1 saturated heterocycles. The molecule has 1 aliphatic heterocycles. The molecule has 1 fully saturated rings. The maximum atomic E-state index is 8.96. The van der Waals surface area contributed by atoms with Crippen LogP contribution in [0.5, 0.6) is 0 Å². The Balaban J connectivity index is 2.10. The van der Waals surface area contributed by atoms with Crippen molar-refractivity contribution in [3.8, 4) is 6.07 Å². The third-order valence-electron chi connectivity index (χ3n) is 3.97. The van der Waals surface area contributed by atoms with E-state index in [2.05, 4.69) is 29.7 Å². The maximum absolute atomic E-state index is 8.96. The van der Waals surface area contributed by atoms with E-state index in [9.17, 15) is 0 Å². The zero-order valence-electron chi connectivity index (χ0n) is 12.6. The summed E-state index contributed by atoms with van der Waals surface area (Å²) in [5.74, 6) is 0. The summed E-state index contributed by atoms with van der Waals surface area (Å²) < 4.78 is 0. The first-order valence-electron chi connectivity index (χ1n) is 7.32. The highest BCUT2D eigenvalue weighted by Gasteiger charge is 2.19. The van der Waals surface area contributed by atoms with E-state index in [-0.39, 0.29) is 5.41 Å². The van der Waals surface area contributed by atoms with Gasteiger partial charge in [0.05, 0.1) is 11.5 Å². The lowest BCUT2D eigenvalue weighted by atomic mass is 9.89. The number of hydrogen-bond donors (Lipinski definition) is 0. The van der Waals surface area contributed by atoms with Gasteiger partial charge < -0.3 is 4.90 Å². The third kappa shape index (κ3) is 5.37. The SMILES string of the molecule is CC(C)N1CCN(CCCCC(C)(C)C#N)CC1. The molecule has 0 aromatic heterocycles. The topological polar surface area (TPSA) is 30.3 Å². The summed E-state index contributed by atoms with van der Waals surface area (Å²) in [4.78, 5) is 5.12. The molecule has 0 aliphatic carbocycles. The second-order valence-electron chi connectivity index (χ2n) is 6.42. The van der Waals surface area contributed by atoms with E-state index in [1.165, 1.54) is 45.6 Å². The Kier molecular flexibility index (Phi) is 6.11. The van der Waals surface area contributed by atoms with Crippen LogP contribution in [0, 0.1) is 16.7 Å². The van der Waals surface area contributed by atoms with Crippen molar-refractivity contribution in [3.63, 3.8) is 0 Å². The minimum absolute atomic E-state index is 0.143. The first-order chi connectivity index (χ1) is 8.44. The molecule has 3 heteroatoms. The minimum atomic E-state index is -0.143. The summed E-state index contributed by atoms with van der Waals surface area (Å²) in [7, 11) is 0. The molecule has 0 aromatic carbocycles. The summed E-state index contributed by atoms with van der Waals surface area (Å²) in [5, 5.41) is 8.96. The number of nitrogens with zero attached hydrogens (tertiary/aromatic N) is 3. The summed E-state index contributed by atoms with van der Waals surface area (Å²) in [6.07, 6.45) is 3.42. The van der Waals surface area contributed by atoms with E-state index >= 15 is 0 Å². The van der Waals surface area contributed by atoms with Crippen LogP contribution in [0.3, 0.4) is 0 Å². The highest BCUT2D eigenvalue weighted by molar-refractivity contribution is 4.91. The lowest BCUT2D eigenvalue weighted by Gasteiger charge is -2.37. The van der Waals surface area contributed by atoms with Crippen molar-refractivity contribution in [3.05, 3.63) is 0 Å².